The van der Waals surface area contributed by atoms with Gasteiger partial charge in [0.2, 0.25) is 0 Å². The van der Waals surface area contributed by atoms with Crippen molar-refractivity contribution in [1.29, 1.82) is 0 Å². The molecule has 0 bridgehead atoms. The van der Waals surface area contributed by atoms with Crippen LogP contribution in [0.15, 0.2) is 35.2 Å². The topological polar surface area (TPSA) is 66.2 Å². The first-order chi connectivity index (χ1) is 12.5. The Hall–Kier alpha value is -1.49. The molecular weight excluding hydrogens is 348 g/mol. The molecule has 0 aliphatic heterocycles. The second-order valence-corrected chi connectivity index (χ2v) is 8.28. The summed E-state index contributed by atoms with van der Waals surface area (Å²) in [6, 6.07) is 0. The van der Waals surface area contributed by atoms with Crippen LogP contribution in [0.25, 0.3) is 6.08 Å². The van der Waals surface area contributed by atoms with Crippen LogP contribution in [-0.4, -0.2) is 32.4 Å². The SMILES string of the molecule is Cc1ncnc2c1C=CC2C1CC(C(O)C2=CC(Cl)=CCC2)[C@@H](O)C1C. The molecule has 1 aromatic heterocycles. The summed E-state index contributed by atoms with van der Waals surface area (Å²) in [6.45, 7) is 4.09. The number of aliphatic hydroxyl groups is 2. The molecule has 0 aromatic carbocycles. The molecule has 1 aromatic rings. The van der Waals surface area contributed by atoms with E-state index in [0.29, 0.717) is 5.03 Å². The number of hydrogen-bond donors (Lipinski definition) is 2. The monoisotopic (exact) mass is 372 g/mol. The zero-order valence-electron chi connectivity index (χ0n) is 15.1. The second-order valence-electron chi connectivity index (χ2n) is 7.85. The minimum atomic E-state index is -0.642. The molecule has 5 unspecified atom stereocenters. The molecule has 2 N–H and O–H groups in total. The smallest absolute Gasteiger partial charge is 0.115 e. The normalized spacial score (nSPS) is 34.4. The van der Waals surface area contributed by atoms with Crippen molar-refractivity contribution in [3.05, 3.63) is 52.1 Å². The summed E-state index contributed by atoms with van der Waals surface area (Å²) in [5.41, 5.74) is 4.09. The number of aliphatic hydroxyl groups excluding tert-OH is 2. The van der Waals surface area contributed by atoms with E-state index in [4.69, 9.17) is 11.6 Å². The molecule has 26 heavy (non-hydrogen) atoms. The van der Waals surface area contributed by atoms with Crippen molar-refractivity contribution in [2.45, 2.75) is 51.2 Å². The van der Waals surface area contributed by atoms with Crippen LogP contribution in [0.2, 0.25) is 0 Å². The third-order valence-electron chi connectivity index (χ3n) is 6.44. The van der Waals surface area contributed by atoms with E-state index in [0.717, 1.165) is 41.8 Å². The van der Waals surface area contributed by atoms with Gasteiger partial charge in [0.25, 0.3) is 0 Å². The van der Waals surface area contributed by atoms with E-state index >= 15 is 0 Å². The van der Waals surface area contributed by atoms with Gasteiger partial charge >= 0.3 is 0 Å². The van der Waals surface area contributed by atoms with E-state index in [2.05, 4.69) is 29.0 Å². The fraction of sp³-hybridized carbons (Fsp3) is 0.524. The highest BCUT2D eigenvalue weighted by Gasteiger charge is 2.47. The predicted molar refractivity (Wildman–Crippen MR) is 103 cm³/mol. The number of hydrogen-bond acceptors (Lipinski definition) is 4. The molecule has 4 rings (SSSR count). The first-order valence-electron chi connectivity index (χ1n) is 9.39. The highest BCUT2D eigenvalue weighted by molar-refractivity contribution is 6.31. The number of rotatable bonds is 3. The molecule has 0 radical (unpaired) electrons. The van der Waals surface area contributed by atoms with Crippen LogP contribution < -0.4 is 0 Å². The molecule has 3 aliphatic carbocycles. The van der Waals surface area contributed by atoms with Crippen LogP contribution in [0.3, 0.4) is 0 Å². The van der Waals surface area contributed by atoms with Crippen LogP contribution in [0.5, 0.6) is 0 Å². The van der Waals surface area contributed by atoms with Gasteiger partial charge in [-0.2, -0.15) is 0 Å². The molecule has 6 atom stereocenters. The van der Waals surface area contributed by atoms with Crippen LogP contribution in [0.4, 0.5) is 0 Å². The Bertz CT molecular complexity index is 801. The lowest BCUT2D eigenvalue weighted by Gasteiger charge is -2.26. The lowest BCUT2D eigenvalue weighted by molar-refractivity contribution is 0.0302. The largest absolute Gasteiger partial charge is 0.392 e. The average Bonchev–Trinajstić information content (AvgIpc) is 3.18. The first kappa shape index (κ1) is 17.9. The Morgan fingerprint density at radius 1 is 1.31 bits per heavy atom. The van der Waals surface area contributed by atoms with E-state index in [1.807, 2.05) is 19.1 Å². The van der Waals surface area contributed by atoms with Crippen LogP contribution >= 0.6 is 11.6 Å². The maximum Gasteiger partial charge on any atom is 0.115 e. The number of aromatic nitrogens is 2. The van der Waals surface area contributed by atoms with E-state index < -0.39 is 12.2 Å². The first-order valence-corrected chi connectivity index (χ1v) is 9.77. The van der Waals surface area contributed by atoms with Crippen molar-refractivity contribution in [3.63, 3.8) is 0 Å². The van der Waals surface area contributed by atoms with Crippen molar-refractivity contribution < 1.29 is 10.2 Å². The number of fused-ring (bicyclic) bond motifs is 1. The minimum Gasteiger partial charge on any atom is -0.392 e. The Morgan fingerprint density at radius 3 is 2.88 bits per heavy atom. The van der Waals surface area contributed by atoms with Gasteiger partial charge in [-0.05, 0) is 49.7 Å². The van der Waals surface area contributed by atoms with Crippen molar-refractivity contribution in [1.82, 2.24) is 9.97 Å². The van der Waals surface area contributed by atoms with E-state index in [1.54, 1.807) is 6.33 Å². The van der Waals surface area contributed by atoms with E-state index in [1.165, 1.54) is 0 Å². The number of aryl methyl sites for hydroxylation is 1. The number of nitrogens with zero attached hydrogens (tertiary/aromatic N) is 2. The van der Waals surface area contributed by atoms with Crippen molar-refractivity contribution in [2.24, 2.45) is 17.8 Å². The quantitative estimate of drug-likeness (QED) is 0.848. The molecule has 3 aliphatic rings. The Balaban J connectivity index is 1.57. The molecule has 1 saturated carbocycles. The van der Waals surface area contributed by atoms with Gasteiger partial charge in [0, 0.05) is 28.1 Å². The van der Waals surface area contributed by atoms with Gasteiger partial charge in [-0.15, -0.1) is 0 Å². The molecule has 5 heteroatoms. The van der Waals surface area contributed by atoms with Crippen LogP contribution in [0, 0.1) is 24.7 Å². The van der Waals surface area contributed by atoms with Gasteiger partial charge in [0.05, 0.1) is 17.9 Å². The van der Waals surface area contributed by atoms with Crippen molar-refractivity contribution in [3.8, 4) is 0 Å². The minimum absolute atomic E-state index is 0.0979. The summed E-state index contributed by atoms with van der Waals surface area (Å²) in [6.07, 6.45) is 11.0. The summed E-state index contributed by atoms with van der Waals surface area (Å²) in [5.74, 6) is 0.369. The fourth-order valence-electron chi connectivity index (χ4n) is 4.90. The van der Waals surface area contributed by atoms with Crippen LogP contribution in [-0.2, 0) is 0 Å². The van der Waals surface area contributed by atoms with Crippen molar-refractivity contribution >= 4 is 17.7 Å². The highest BCUT2D eigenvalue weighted by Crippen LogP contribution is 2.49. The summed E-state index contributed by atoms with van der Waals surface area (Å²) >= 11 is 6.12. The zero-order valence-corrected chi connectivity index (χ0v) is 15.9. The Morgan fingerprint density at radius 2 is 2.12 bits per heavy atom. The maximum absolute atomic E-state index is 10.9. The van der Waals surface area contributed by atoms with Crippen LogP contribution in [0.1, 0.15) is 49.1 Å². The fourth-order valence-corrected chi connectivity index (χ4v) is 5.15. The average molecular weight is 373 g/mol. The van der Waals surface area contributed by atoms with Gasteiger partial charge in [-0.1, -0.05) is 36.8 Å². The van der Waals surface area contributed by atoms with E-state index in [-0.39, 0.29) is 23.7 Å². The lowest BCUT2D eigenvalue weighted by atomic mass is 9.83. The van der Waals surface area contributed by atoms with Gasteiger partial charge < -0.3 is 10.2 Å². The number of halogens is 1. The lowest BCUT2D eigenvalue weighted by Crippen LogP contribution is -2.31. The summed E-state index contributed by atoms with van der Waals surface area (Å²) in [5, 5.41) is 22.5. The summed E-state index contributed by atoms with van der Waals surface area (Å²) in [4.78, 5) is 8.80. The third-order valence-corrected chi connectivity index (χ3v) is 6.70. The van der Waals surface area contributed by atoms with E-state index in [9.17, 15) is 10.2 Å². The molecular formula is C21H25ClN2O2. The van der Waals surface area contributed by atoms with Gasteiger partial charge in [-0.25, -0.2) is 9.97 Å². The molecule has 1 heterocycles. The highest BCUT2D eigenvalue weighted by atomic mass is 35.5. The van der Waals surface area contributed by atoms with Gasteiger partial charge in [-0.3, -0.25) is 0 Å². The molecule has 0 saturated heterocycles. The summed E-state index contributed by atoms with van der Waals surface area (Å²) in [7, 11) is 0. The standard InChI is InChI=1S/C21H25ClN2O2/c1-11-17(16-7-6-15-12(2)23-10-24-19(15)16)9-18(20(11)25)21(26)13-4-3-5-14(22)8-13/h5-8,10-11,16-18,20-21,25-26H,3-4,9H2,1-2H3/t11?,16?,17?,18?,20-,21?/m0/s1. The zero-order chi connectivity index (χ0) is 18.4. The second kappa shape index (κ2) is 6.91. The Kier molecular flexibility index (Phi) is 4.76. The van der Waals surface area contributed by atoms with Crippen molar-refractivity contribution in [2.75, 3.05) is 0 Å². The summed E-state index contributed by atoms with van der Waals surface area (Å²) < 4.78 is 0. The molecule has 138 valence electrons. The Labute approximate surface area is 159 Å². The molecule has 1 fully saturated rings. The predicted octanol–water partition coefficient (Wildman–Crippen LogP) is 3.73. The van der Waals surface area contributed by atoms with Gasteiger partial charge in [0.1, 0.15) is 6.33 Å². The molecule has 0 amide bonds. The molecule has 4 nitrogen and oxygen atoms in total. The third kappa shape index (κ3) is 2.94. The maximum atomic E-state index is 10.9. The van der Waals surface area contributed by atoms with Gasteiger partial charge in [0.15, 0.2) is 0 Å². The molecule has 0 spiro atoms. The number of allylic oxidation sites excluding steroid dienone is 4.